The average Bonchev–Trinajstić information content (AvgIpc) is 2.82. The van der Waals surface area contributed by atoms with Crippen LogP contribution in [0.15, 0.2) is 53.3 Å². The topological polar surface area (TPSA) is 67.7 Å². The highest BCUT2D eigenvalue weighted by Gasteiger charge is 2.36. The minimum atomic E-state index is -0.410. The van der Waals surface area contributed by atoms with E-state index in [1.807, 2.05) is 74.2 Å². The third-order valence-electron chi connectivity index (χ3n) is 6.61. The number of amides is 1. The van der Waals surface area contributed by atoms with Crippen LogP contribution in [-0.2, 0) is 4.79 Å². The Morgan fingerprint density at radius 1 is 1.09 bits per heavy atom. The number of hydrogen-bond acceptors (Lipinski definition) is 5. The van der Waals surface area contributed by atoms with Gasteiger partial charge < -0.3 is 9.64 Å². The average molecular weight is 463 g/mol. The third kappa shape index (κ3) is 4.32. The Labute approximate surface area is 201 Å². The molecule has 1 saturated heterocycles. The van der Waals surface area contributed by atoms with Gasteiger partial charge in [0.1, 0.15) is 11.6 Å². The number of nitrogens with zero attached hydrogens (tertiary/aromatic N) is 4. The van der Waals surface area contributed by atoms with Crippen molar-refractivity contribution in [1.82, 2.24) is 19.4 Å². The van der Waals surface area contributed by atoms with Crippen molar-refractivity contribution < 1.29 is 9.53 Å². The molecule has 0 N–H and O–H groups in total. The lowest BCUT2D eigenvalue weighted by atomic mass is 9.93. The van der Waals surface area contributed by atoms with Gasteiger partial charge in [-0.3, -0.25) is 19.1 Å². The Kier molecular flexibility index (Phi) is 6.49. The van der Waals surface area contributed by atoms with Gasteiger partial charge in [0.25, 0.3) is 5.56 Å². The van der Waals surface area contributed by atoms with Crippen LogP contribution in [0.1, 0.15) is 46.5 Å². The monoisotopic (exact) mass is 462 g/mol. The number of fused-ring (bicyclic) bond motifs is 1. The standard InChI is InChI=1S/C27H34N4O3/c1-18-17-29(15-16-30(18)26(33)27(3,4)5)19(2)24-28-21-12-8-7-11-20(21)25(32)31(24)22-13-9-10-14-23(22)34-6/h7-14,18-19H,15-17H2,1-6H3. The lowest BCUT2D eigenvalue weighted by Gasteiger charge is -2.44. The second-order valence-corrected chi connectivity index (χ2v) is 10.1. The van der Waals surface area contributed by atoms with Crippen LogP contribution in [-0.4, -0.2) is 58.0 Å². The molecule has 1 aliphatic heterocycles. The molecule has 2 atom stereocenters. The van der Waals surface area contributed by atoms with Gasteiger partial charge in [-0.1, -0.05) is 45.0 Å². The number of carbonyl (C=O) groups excluding carboxylic acids is 1. The molecular formula is C27H34N4O3. The van der Waals surface area contributed by atoms with Crippen molar-refractivity contribution >= 4 is 16.8 Å². The molecule has 4 rings (SSSR count). The minimum absolute atomic E-state index is 0.0646. The van der Waals surface area contributed by atoms with Gasteiger partial charge in [-0.15, -0.1) is 0 Å². The van der Waals surface area contributed by atoms with Crippen LogP contribution >= 0.6 is 0 Å². The van der Waals surface area contributed by atoms with Crippen molar-refractivity contribution in [2.24, 2.45) is 5.41 Å². The van der Waals surface area contributed by atoms with Crippen LogP contribution < -0.4 is 10.3 Å². The molecule has 3 aromatic rings. The number of methoxy groups -OCH3 is 1. The highest BCUT2D eigenvalue weighted by molar-refractivity contribution is 5.82. The zero-order valence-corrected chi connectivity index (χ0v) is 20.9. The van der Waals surface area contributed by atoms with Gasteiger partial charge >= 0.3 is 0 Å². The molecule has 1 fully saturated rings. The van der Waals surface area contributed by atoms with Gasteiger partial charge in [0.05, 0.1) is 29.7 Å². The largest absolute Gasteiger partial charge is 0.495 e. The number of piperazine rings is 1. The summed E-state index contributed by atoms with van der Waals surface area (Å²) in [6, 6.07) is 14.9. The predicted octanol–water partition coefficient (Wildman–Crippen LogP) is 4.03. The van der Waals surface area contributed by atoms with E-state index in [-0.39, 0.29) is 23.6 Å². The van der Waals surface area contributed by atoms with E-state index >= 15 is 0 Å². The first kappa shape index (κ1) is 24.0. The second-order valence-electron chi connectivity index (χ2n) is 10.1. The fraction of sp³-hybridized carbons (Fsp3) is 0.444. The molecule has 180 valence electrons. The summed E-state index contributed by atoms with van der Waals surface area (Å²) in [5, 5.41) is 0.568. The van der Waals surface area contributed by atoms with Gasteiger partial charge in [-0.25, -0.2) is 4.98 Å². The molecule has 2 aromatic carbocycles. The van der Waals surface area contributed by atoms with Crippen molar-refractivity contribution in [3.8, 4) is 11.4 Å². The molecule has 2 unspecified atom stereocenters. The minimum Gasteiger partial charge on any atom is -0.495 e. The summed E-state index contributed by atoms with van der Waals surface area (Å²) >= 11 is 0. The Balaban J connectivity index is 1.77. The molecule has 0 spiro atoms. The maximum Gasteiger partial charge on any atom is 0.266 e. The summed E-state index contributed by atoms with van der Waals surface area (Å²) in [5.41, 5.74) is 0.818. The number of para-hydroxylation sites is 3. The van der Waals surface area contributed by atoms with Crippen molar-refractivity contribution in [3.05, 3.63) is 64.7 Å². The first-order chi connectivity index (χ1) is 16.1. The Hall–Kier alpha value is -3.19. The first-order valence-corrected chi connectivity index (χ1v) is 11.8. The molecule has 1 amide bonds. The van der Waals surface area contributed by atoms with E-state index in [9.17, 15) is 9.59 Å². The number of ether oxygens (including phenoxy) is 1. The Bertz CT molecular complexity index is 1260. The molecule has 0 aliphatic carbocycles. The first-order valence-electron chi connectivity index (χ1n) is 11.8. The van der Waals surface area contributed by atoms with E-state index in [0.29, 0.717) is 47.8 Å². The highest BCUT2D eigenvalue weighted by atomic mass is 16.5. The van der Waals surface area contributed by atoms with Gasteiger partial charge in [0, 0.05) is 31.1 Å². The molecule has 0 bridgehead atoms. The summed E-state index contributed by atoms with van der Waals surface area (Å²) in [5.74, 6) is 1.45. The molecule has 2 heterocycles. The van der Waals surface area contributed by atoms with Crippen molar-refractivity contribution in [1.29, 1.82) is 0 Å². The highest BCUT2D eigenvalue weighted by Crippen LogP contribution is 2.29. The molecule has 34 heavy (non-hydrogen) atoms. The number of benzene rings is 2. The van der Waals surface area contributed by atoms with Gasteiger partial charge in [-0.05, 0) is 38.1 Å². The van der Waals surface area contributed by atoms with Gasteiger partial charge in [-0.2, -0.15) is 0 Å². The summed E-state index contributed by atoms with van der Waals surface area (Å²) in [7, 11) is 1.61. The third-order valence-corrected chi connectivity index (χ3v) is 6.61. The Morgan fingerprint density at radius 3 is 2.44 bits per heavy atom. The maximum absolute atomic E-state index is 13.7. The summed E-state index contributed by atoms with van der Waals surface area (Å²) in [6.45, 7) is 12.1. The molecule has 7 heteroatoms. The lowest BCUT2D eigenvalue weighted by Crippen LogP contribution is -2.57. The smallest absolute Gasteiger partial charge is 0.266 e. The zero-order valence-electron chi connectivity index (χ0n) is 20.9. The van der Waals surface area contributed by atoms with Crippen LogP contribution in [0.25, 0.3) is 16.6 Å². The van der Waals surface area contributed by atoms with Crippen LogP contribution in [0, 0.1) is 5.41 Å². The lowest BCUT2D eigenvalue weighted by molar-refractivity contribution is -0.144. The molecule has 0 radical (unpaired) electrons. The zero-order chi connectivity index (χ0) is 24.6. The van der Waals surface area contributed by atoms with Crippen LogP contribution in [0.5, 0.6) is 5.75 Å². The van der Waals surface area contributed by atoms with E-state index in [0.717, 1.165) is 0 Å². The number of aromatic nitrogens is 2. The predicted molar refractivity (Wildman–Crippen MR) is 135 cm³/mol. The van der Waals surface area contributed by atoms with Crippen molar-refractivity contribution in [2.75, 3.05) is 26.7 Å². The normalized spacial score (nSPS) is 18.2. The number of rotatable bonds is 4. The van der Waals surface area contributed by atoms with Gasteiger partial charge in [0.2, 0.25) is 5.91 Å². The van der Waals surface area contributed by atoms with Crippen molar-refractivity contribution in [2.45, 2.75) is 46.7 Å². The fourth-order valence-electron chi connectivity index (χ4n) is 4.71. The maximum atomic E-state index is 13.7. The fourth-order valence-corrected chi connectivity index (χ4v) is 4.71. The molecule has 1 aromatic heterocycles. The molecule has 7 nitrogen and oxygen atoms in total. The Morgan fingerprint density at radius 2 is 1.76 bits per heavy atom. The van der Waals surface area contributed by atoms with E-state index in [2.05, 4.69) is 18.7 Å². The SMILES string of the molecule is COc1ccccc1-n1c(C(C)N2CCN(C(=O)C(C)(C)C)C(C)C2)nc2ccccc2c1=O. The molecular weight excluding hydrogens is 428 g/mol. The van der Waals surface area contributed by atoms with Gasteiger partial charge in [0.15, 0.2) is 0 Å². The van der Waals surface area contributed by atoms with Crippen LogP contribution in [0.4, 0.5) is 0 Å². The molecule has 1 aliphatic rings. The van der Waals surface area contributed by atoms with Crippen molar-refractivity contribution in [3.63, 3.8) is 0 Å². The van der Waals surface area contributed by atoms with Crippen LogP contribution in [0.3, 0.4) is 0 Å². The van der Waals surface area contributed by atoms with E-state index in [4.69, 9.17) is 9.72 Å². The second kappa shape index (κ2) is 9.22. The summed E-state index contributed by atoms with van der Waals surface area (Å²) < 4.78 is 7.27. The van der Waals surface area contributed by atoms with E-state index < -0.39 is 5.41 Å². The van der Waals surface area contributed by atoms with E-state index in [1.54, 1.807) is 11.7 Å². The number of carbonyl (C=O) groups is 1. The number of hydrogen-bond donors (Lipinski definition) is 0. The van der Waals surface area contributed by atoms with Crippen LogP contribution in [0.2, 0.25) is 0 Å². The van der Waals surface area contributed by atoms with E-state index in [1.165, 1.54) is 0 Å². The molecule has 0 saturated carbocycles. The summed E-state index contributed by atoms with van der Waals surface area (Å²) in [6.07, 6.45) is 0. The summed E-state index contributed by atoms with van der Waals surface area (Å²) in [4.78, 5) is 35.9. The quantitative estimate of drug-likeness (QED) is 0.586.